The number of nitrogens with zero attached hydrogens (tertiary/aromatic N) is 2. The summed E-state index contributed by atoms with van der Waals surface area (Å²) in [7, 11) is -4.32. The molecule has 0 amide bonds. The molecule has 2 aromatic carbocycles. The molecule has 3 saturated carbocycles. The van der Waals surface area contributed by atoms with E-state index in [1.807, 2.05) is 13.8 Å². The van der Waals surface area contributed by atoms with Gasteiger partial charge in [0.25, 0.3) is 9.84 Å². The van der Waals surface area contributed by atoms with Crippen LogP contribution in [0.4, 0.5) is 0 Å². The number of cyclic esters (lactones) is 1. The van der Waals surface area contributed by atoms with Crippen molar-refractivity contribution in [3.05, 3.63) is 83.1 Å². The quantitative estimate of drug-likeness (QED) is 0.0450. The summed E-state index contributed by atoms with van der Waals surface area (Å²) in [4.78, 5) is 81.2. The Morgan fingerprint density at radius 1 is 0.967 bits per heavy atom. The van der Waals surface area contributed by atoms with Crippen molar-refractivity contribution < 1.29 is 70.4 Å². The van der Waals surface area contributed by atoms with Gasteiger partial charge < -0.3 is 33.7 Å². The molecule has 2 heterocycles. The van der Waals surface area contributed by atoms with Crippen LogP contribution in [0, 0.1) is 39.2 Å². The summed E-state index contributed by atoms with van der Waals surface area (Å²) < 4.78 is 59.2. The van der Waals surface area contributed by atoms with E-state index in [2.05, 4.69) is 16.4 Å². The average molecular weight is 849 g/mol. The molecule has 0 radical (unpaired) electrons. The predicted octanol–water partition coefficient (Wildman–Crippen LogP) is 3.94. The van der Waals surface area contributed by atoms with Crippen molar-refractivity contribution in [2.75, 3.05) is 19.8 Å². The van der Waals surface area contributed by atoms with Crippen LogP contribution in [-0.2, 0) is 48.0 Å². The van der Waals surface area contributed by atoms with Crippen LogP contribution >= 0.6 is 0 Å². The first-order valence-electron chi connectivity index (χ1n) is 19.6. The molecular weight excluding hydrogens is 805 g/mol. The third kappa shape index (κ3) is 6.73. The summed E-state index contributed by atoms with van der Waals surface area (Å²) >= 11 is 0. The normalized spacial score (nSPS) is 28.0. The van der Waals surface area contributed by atoms with E-state index >= 15 is 0 Å². The van der Waals surface area contributed by atoms with Gasteiger partial charge in [-0.15, -0.1) is 0 Å². The van der Waals surface area contributed by atoms with Crippen molar-refractivity contribution in [2.24, 2.45) is 34.0 Å². The lowest BCUT2D eigenvalue weighted by atomic mass is 9.43. The number of aromatic nitrogens is 2. The zero-order chi connectivity index (χ0) is 43.2. The zero-order valence-electron chi connectivity index (χ0n) is 33.2. The van der Waals surface area contributed by atoms with Crippen LogP contribution in [-0.4, -0.2) is 81.5 Å². The molecule has 4 fully saturated rings. The largest absolute Gasteiger partial charge is 0.464 e. The second-order valence-corrected chi connectivity index (χ2v) is 18.2. The van der Waals surface area contributed by atoms with Crippen molar-refractivity contribution in [3.8, 4) is 5.88 Å². The van der Waals surface area contributed by atoms with Gasteiger partial charge in [-0.3, -0.25) is 19.0 Å². The lowest BCUT2D eigenvalue weighted by Crippen LogP contribution is -2.71. The average Bonchev–Trinajstić information content (AvgIpc) is 3.65. The summed E-state index contributed by atoms with van der Waals surface area (Å²) in [6.45, 7) is 8.50. The van der Waals surface area contributed by atoms with Crippen LogP contribution in [0.5, 0.6) is 5.88 Å². The number of aldehydes is 1. The van der Waals surface area contributed by atoms with Gasteiger partial charge in [0.05, 0.1) is 39.8 Å². The number of ether oxygens (including phenoxy) is 5. The third-order valence-corrected chi connectivity index (χ3v) is 14.4. The Balaban J connectivity index is 1.06. The number of carbonyl (C=O) groups excluding carboxylic acids is 6. The molecule has 318 valence electrons. The molecule has 4 aliphatic rings. The molecule has 1 aliphatic heterocycles. The van der Waals surface area contributed by atoms with E-state index < -0.39 is 96.6 Å². The smallest absolute Gasteiger partial charge is 0.414 e. The minimum Gasteiger partial charge on any atom is -0.464 e. The van der Waals surface area contributed by atoms with E-state index in [-0.39, 0.29) is 72.0 Å². The van der Waals surface area contributed by atoms with Crippen molar-refractivity contribution >= 4 is 45.8 Å². The van der Waals surface area contributed by atoms with Crippen molar-refractivity contribution in [2.45, 2.75) is 81.4 Å². The van der Waals surface area contributed by atoms with Crippen LogP contribution in [0.25, 0.3) is 0 Å². The van der Waals surface area contributed by atoms with Crippen molar-refractivity contribution in [1.29, 1.82) is 0 Å². The number of hydrogen-bond acceptors (Lipinski definition) is 16. The van der Waals surface area contributed by atoms with E-state index in [1.54, 1.807) is 6.07 Å². The summed E-state index contributed by atoms with van der Waals surface area (Å²) in [5, 5.41) is 14.8. The highest BCUT2D eigenvalue weighted by molar-refractivity contribution is 7.91. The molecule has 60 heavy (non-hydrogen) atoms. The predicted molar refractivity (Wildman–Crippen MR) is 202 cm³/mol. The molecule has 7 rings (SSSR count). The lowest BCUT2D eigenvalue weighted by molar-refractivity contribution is -0.832. The standard InChI is InChI=1S/C42H44N2O15S/c1-24-27-16-17-30-41(31(22-45)40(3,4)19-18-32(41)57-25(2)46)23-56-39(50)42(30,33(24)47)34(27)58-38(49)29-15-9-8-14-28(29)37(48)55-21-11-10-20-54-35-36(44(51)59-43-35)60(52,53)26-12-6-5-7-13-26/h5-9,12-15,22,27,30-32,34H,1,10-11,16-21,23H2,2-4H3/t27-,30?,31+,32-,34+,41-,42-/m0/s1. The third-order valence-electron chi connectivity index (χ3n) is 12.7. The fourth-order valence-electron chi connectivity index (χ4n) is 9.98. The first-order valence-corrected chi connectivity index (χ1v) is 21.0. The first kappa shape index (κ1) is 42.2. The number of fused-ring (bicyclic) bond motifs is 2. The molecule has 2 spiro atoms. The Kier molecular flexibility index (Phi) is 11.2. The van der Waals surface area contributed by atoms with Gasteiger partial charge in [-0.1, -0.05) is 50.8 Å². The molecule has 3 aromatic rings. The van der Waals surface area contributed by atoms with Crippen molar-refractivity contribution in [1.82, 2.24) is 5.16 Å². The highest BCUT2D eigenvalue weighted by atomic mass is 32.2. The fraction of sp³-hybridized carbons (Fsp3) is 0.476. The number of sulfone groups is 1. The number of carbonyl (C=O) groups is 6. The molecule has 1 aromatic heterocycles. The summed E-state index contributed by atoms with van der Waals surface area (Å²) in [5.74, 6) is -7.12. The van der Waals surface area contributed by atoms with Gasteiger partial charge in [0.15, 0.2) is 11.2 Å². The number of esters is 4. The highest BCUT2D eigenvalue weighted by Gasteiger charge is 2.79. The molecule has 2 bridgehead atoms. The number of hydrogen-bond donors (Lipinski definition) is 0. The fourth-order valence-corrected chi connectivity index (χ4v) is 11.3. The van der Waals surface area contributed by atoms with E-state index in [0.29, 0.717) is 12.8 Å². The Morgan fingerprint density at radius 3 is 2.32 bits per heavy atom. The summed E-state index contributed by atoms with van der Waals surface area (Å²) in [6.07, 6.45) is 0.313. The van der Waals surface area contributed by atoms with Gasteiger partial charge in [-0.05, 0) is 84.6 Å². The second kappa shape index (κ2) is 15.9. The maximum atomic E-state index is 14.4. The SMILES string of the molecule is C=C1C(=O)[C@@]23C(=O)OC[C@@]4(C2CC[C@@H]1[C@H]3OC(=O)c1ccccc1C(=O)OCCCCOc1no[n+]([O-])c1S(=O)(=O)c1ccccc1)[C@@H](OC(C)=O)CCC(C)(C)[C@H]4C=O. The van der Waals surface area contributed by atoms with Gasteiger partial charge >= 0.3 is 34.8 Å². The maximum absolute atomic E-state index is 14.4. The molecule has 3 aliphatic carbocycles. The molecule has 17 nitrogen and oxygen atoms in total. The van der Waals surface area contributed by atoms with Crippen LogP contribution in [0.2, 0.25) is 0 Å². The number of rotatable bonds is 13. The van der Waals surface area contributed by atoms with Gasteiger partial charge in [-0.2, -0.15) is 0 Å². The van der Waals surface area contributed by atoms with E-state index in [4.69, 9.17) is 23.7 Å². The molecular formula is C42H44N2O15S. The van der Waals surface area contributed by atoms with Crippen LogP contribution in [0.15, 0.2) is 81.3 Å². The number of ketones is 1. The summed E-state index contributed by atoms with van der Waals surface area (Å²) in [5.41, 5.74) is -4.33. The van der Waals surface area contributed by atoms with Gasteiger partial charge in [0.2, 0.25) is 0 Å². The monoisotopic (exact) mass is 848 g/mol. The topological polar surface area (TPSA) is 236 Å². The Labute approximate surface area is 344 Å². The number of Topliss-reactive ketones (excluding diaryl/α,β-unsaturated/α-hetero) is 1. The van der Waals surface area contributed by atoms with E-state index in [9.17, 15) is 42.4 Å². The minimum atomic E-state index is -4.32. The molecule has 0 N–H and O–H groups in total. The van der Waals surface area contributed by atoms with Gasteiger partial charge in [0, 0.05) is 18.8 Å². The van der Waals surface area contributed by atoms with E-state index in [0.717, 1.165) is 6.29 Å². The molecule has 18 heteroatoms. The second-order valence-electron chi connectivity index (χ2n) is 16.3. The minimum absolute atomic E-state index is 0.0764. The Bertz CT molecular complexity index is 2360. The van der Waals surface area contributed by atoms with Crippen LogP contribution in [0.3, 0.4) is 0 Å². The Hall–Kier alpha value is -5.91. The van der Waals surface area contributed by atoms with Crippen LogP contribution in [0.1, 0.15) is 80.0 Å². The molecule has 7 atom stereocenters. The van der Waals surface area contributed by atoms with Crippen LogP contribution < -0.4 is 9.64 Å². The summed E-state index contributed by atoms with van der Waals surface area (Å²) in [6, 6.07) is 12.9. The zero-order valence-corrected chi connectivity index (χ0v) is 34.0. The molecule has 1 saturated heterocycles. The van der Waals surface area contributed by atoms with Gasteiger partial charge in [-0.25, -0.2) is 18.0 Å². The van der Waals surface area contributed by atoms with E-state index in [1.165, 1.54) is 55.5 Å². The number of unbranched alkanes of at least 4 members (excludes halogenated alkanes) is 1. The first-order chi connectivity index (χ1) is 28.5. The Morgan fingerprint density at radius 2 is 1.63 bits per heavy atom. The van der Waals surface area contributed by atoms with Gasteiger partial charge in [0.1, 0.15) is 25.1 Å². The highest BCUT2D eigenvalue weighted by Crippen LogP contribution is 2.68. The van der Waals surface area contributed by atoms with Crippen molar-refractivity contribution in [3.63, 3.8) is 0 Å². The maximum Gasteiger partial charge on any atom is 0.414 e. The number of benzene rings is 2. The molecule has 1 unspecified atom stereocenters. The lowest BCUT2D eigenvalue weighted by Gasteiger charge is -2.62.